The maximum atomic E-state index is 12.9. The zero-order valence-electron chi connectivity index (χ0n) is 11.7. The molecule has 0 saturated heterocycles. The number of hydrogen-bond acceptors (Lipinski definition) is 3. The van der Waals surface area contributed by atoms with E-state index in [9.17, 15) is 12.8 Å². The van der Waals surface area contributed by atoms with Crippen LogP contribution in [0.15, 0.2) is 29.2 Å². The third-order valence-corrected chi connectivity index (χ3v) is 6.28. The lowest BCUT2D eigenvalue weighted by molar-refractivity contribution is 0.159. The van der Waals surface area contributed by atoms with Crippen molar-refractivity contribution >= 4 is 10.0 Å². The predicted octanol–water partition coefficient (Wildman–Crippen LogP) is 2.11. The molecule has 1 saturated carbocycles. The number of benzene rings is 1. The van der Waals surface area contributed by atoms with Crippen molar-refractivity contribution in [1.29, 1.82) is 0 Å². The molecule has 0 aromatic heterocycles. The fourth-order valence-electron chi connectivity index (χ4n) is 2.88. The topological polar surface area (TPSA) is 63.4 Å². The van der Waals surface area contributed by atoms with Crippen LogP contribution in [0.4, 0.5) is 4.39 Å². The van der Waals surface area contributed by atoms with Crippen LogP contribution in [0, 0.1) is 5.82 Å². The van der Waals surface area contributed by atoms with Gasteiger partial charge in [-0.15, -0.1) is 0 Å². The van der Waals surface area contributed by atoms with Crippen molar-refractivity contribution in [3.8, 4) is 0 Å². The Hall–Kier alpha value is -0.980. The zero-order chi connectivity index (χ0) is 14.8. The van der Waals surface area contributed by atoms with Crippen molar-refractivity contribution < 1.29 is 12.8 Å². The van der Waals surface area contributed by atoms with Gasteiger partial charge in [0.15, 0.2) is 0 Å². The highest BCUT2D eigenvalue weighted by Crippen LogP contribution is 2.35. The van der Waals surface area contributed by atoms with Crippen LogP contribution >= 0.6 is 0 Å². The third kappa shape index (κ3) is 2.73. The molecule has 1 fully saturated rings. The highest BCUT2D eigenvalue weighted by Gasteiger charge is 2.41. The van der Waals surface area contributed by atoms with E-state index in [2.05, 4.69) is 0 Å². The Balaban J connectivity index is 2.34. The van der Waals surface area contributed by atoms with Gasteiger partial charge in [0.1, 0.15) is 5.82 Å². The molecular formula is C14H21FN2O2S. The fraction of sp³-hybridized carbons (Fsp3) is 0.571. The van der Waals surface area contributed by atoms with E-state index in [4.69, 9.17) is 5.73 Å². The second kappa shape index (κ2) is 5.79. The van der Waals surface area contributed by atoms with Gasteiger partial charge in [-0.1, -0.05) is 19.3 Å². The first-order valence-corrected chi connectivity index (χ1v) is 8.31. The summed E-state index contributed by atoms with van der Waals surface area (Å²) < 4.78 is 39.6. The summed E-state index contributed by atoms with van der Waals surface area (Å²) in [6.45, 7) is 0.309. The molecule has 112 valence electrons. The van der Waals surface area contributed by atoms with Crippen molar-refractivity contribution in [2.24, 2.45) is 5.73 Å². The van der Waals surface area contributed by atoms with Crippen LogP contribution in [0.25, 0.3) is 0 Å². The van der Waals surface area contributed by atoms with Crippen molar-refractivity contribution in [3.05, 3.63) is 30.1 Å². The second-order valence-electron chi connectivity index (χ2n) is 5.42. The van der Waals surface area contributed by atoms with Gasteiger partial charge in [-0.25, -0.2) is 12.8 Å². The summed E-state index contributed by atoms with van der Waals surface area (Å²) >= 11 is 0. The largest absolute Gasteiger partial charge is 0.329 e. The van der Waals surface area contributed by atoms with Crippen LogP contribution in [0.1, 0.15) is 32.1 Å². The van der Waals surface area contributed by atoms with Gasteiger partial charge < -0.3 is 5.73 Å². The van der Waals surface area contributed by atoms with Crippen molar-refractivity contribution in [1.82, 2.24) is 4.31 Å². The molecule has 1 aliphatic carbocycles. The third-order valence-electron chi connectivity index (χ3n) is 4.30. The lowest BCUT2D eigenvalue weighted by Gasteiger charge is -2.42. The monoisotopic (exact) mass is 300 g/mol. The SMILES string of the molecule is CN(C1(CN)CCCCC1)S(=O)(=O)c1ccc(F)cc1. The minimum absolute atomic E-state index is 0.111. The van der Waals surface area contributed by atoms with Crippen LogP contribution < -0.4 is 5.73 Å². The summed E-state index contributed by atoms with van der Waals surface area (Å²) in [5, 5.41) is 0. The Morgan fingerprint density at radius 1 is 1.20 bits per heavy atom. The fourth-order valence-corrected chi connectivity index (χ4v) is 4.44. The summed E-state index contributed by atoms with van der Waals surface area (Å²) in [5.41, 5.74) is 5.36. The van der Waals surface area contributed by atoms with Crippen LogP contribution in [-0.2, 0) is 10.0 Å². The Kier molecular flexibility index (Phi) is 4.46. The molecule has 0 bridgehead atoms. The number of likely N-dealkylation sites (N-methyl/N-ethyl adjacent to an activating group) is 1. The highest BCUT2D eigenvalue weighted by molar-refractivity contribution is 7.89. The summed E-state index contributed by atoms with van der Waals surface area (Å²) in [7, 11) is -2.06. The normalized spacial score (nSPS) is 19.2. The van der Waals surface area contributed by atoms with Gasteiger partial charge >= 0.3 is 0 Å². The molecule has 2 rings (SSSR count). The van der Waals surface area contributed by atoms with Gasteiger partial charge in [-0.3, -0.25) is 0 Å². The first-order valence-electron chi connectivity index (χ1n) is 6.87. The molecule has 4 nitrogen and oxygen atoms in total. The maximum absolute atomic E-state index is 12.9. The molecule has 2 N–H and O–H groups in total. The van der Waals surface area contributed by atoms with E-state index in [1.807, 2.05) is 0 Å². The summed E-state index contributed by atoms with van der Waals surface area (Å²) in [5.74, 6) is -0.446. The average molecular weight is 300 g/mol. The summed E-state index contributed by atoms with van der Waals surface area (Å²) in [6, 6.07) is 4.93. The van der Waals surface area contributed by atoms with E-state index >= 15 is 0 Å². The van der Waals surface area contributed by atoms with Gasteiger partial charge in [0.25, 0.3) is 0 Å². The number of nitrogens with zero attached hydrogens (tertiary/aromatic N) is 1. The maximum Gasteiger partial charge on any atom is 0.243 e. The second-order valence-corrected chi connectivity index (χ2v) is 7.38. The standard InChI is InChI=1S/C14H21FN2O2S/c1-17(14(11-16)9-3-2-4-10-14)20(18,19)13-7-5-12(15)6-8-13/h5-8H,2-4,9-11,16H2,1H3. The summed E-state index contributed by atoms with van der Waals surface area (Å²) in [6.07, 6.45) is 4.65. The molecule has 6 heteroatoms. The van der Waals surface area contributed by atoms with Gasteiger partial charge in [-0.2, -0.15) is 4.31 Å². The van der Waals surface area contributed by atoms with Crippen molar-refractivity contribution in [2.75, 3.05) is 13.6 Å². The van der Waals surface area contributed by atoms with Crippen molar-refractivity contribution in [3.63, 3.8) is 0 Å². The Morgan fingerprint density at radius 3 is 2.25 bits per heavy atom. The van der Waals surface area contributed by atoms with Gasteiger partial charge in [-0.05, 0) is 37.1 Å². The van der Waals surface area contributed by atoms with E-state index in [1.165, 1.54) is 16.4 Å². The zero-order valence-corrected chi connectivity index (χ0v) is 12.5. The number of rotatable bonds is 4. The Bertz CT molecular complexity index is 551. The molecule has 0 amide bonds. The molecule has 0 unspecified atom stereocenters. The van der Waals surface area contributed by atoms with E-state index in [0.29, 0.717) is 6.54 Å². The van der Waals surface area contributed by atoms with Crippen LogP contribution in [0.5, 0.6) is 0 Å². The molecule has 1 aliphatic rings. The van der Waals surface area contributed by atoms with Crippen LogP contribution in [-0.4, -0.2) is 31.9 Å². The Labute approximate surface area is 119 Å². The van der Waals surface area contributed by atoms with E-state index in [0.717, 1.165) is 44.2 Å². The first kappa shape index (κ1) is 15.4. The van der Waals surface area contributed by atoms with Gasteiger partial charge in [0, 0.05) is 19.1 Å². The molecule has 0 heterocycles. The van der Waals surface area contributed by atoms with E-state index < -0.39 is 21.4 Å². The first-order chi connectivity index (χ1) is 9.42. The lowest BCUT2D eigenvalue weighted by atomic mass is 9.82. The van der Waals surface area contributed by atoms with Crippen LogP contribution in [0.3, 0.4) is 0 Å². The number of hydrogen-bond donors (Lipinski definition) is 1. The quantitative estimate of drug-likeness (QED) is 0.926. The van der Waals surface area contributed by atoms with Crippen molar-refractivity contribution in [2.45, 2.75) is 42.5 Å². The summed E-state index contributed by atoms with van der Waals surface area (Å²) in [4.78, 5) is 0.111. The molecule has 20 heavy (non-hydrogen) atoms. The molecule has 0 atom stereocenters. The number of sulfonamides is 1. The Morgan fingerprint density at radius 2 is 1.75 bits per heavy atom. The van der Waals surface area contributed by atoms with Gasteiger partial charge in [0.05, 0.1) is 4.90 Å². The molecule has 0 aliphatic heterocycles. The van der Waals surface area contributed by atoms with E-state index in [1.54, 1.807) is 7.05 Å². The smallest absolute Gasteiger partial charge is 0.243 e. The predicted molar refractivity (Wildman–Crippen MR) is 76.2 cm³/mol. The molecular weight excluding hydrogens is 279 g/mol. The average Bonchev–Trinajstić information content (AvgIpc) is 2.47. The molecule has 0 spiro atoms. The molecule has 0 radical (unpaired) electrons. The van der Waals surface area contributed by atoms with Crippen LogP contribution in [0.2, 0.25) is 0 Å². The minimum Gasteiger partial charge on any atom is -0.329 e. The number of halogens is 1. The van der Waals surface area contributed by atoms with Gasteiger partial charge in [0.2, 0.25) is 10.0 Å². The highest BCUT2D eigenvalue weighted by atomic mass is 32.2. The molecule has 1 aromatic rings. The minimum atomic E-state index is -3.64. The molecule has 1 aromatic carbocycles. The lowest BCUT2D eigenvalue weighted by Crippen LogP contribution is -2.55. The van der Waals surface area contributed by atoms with E-state index in [-0.39, 0.29) is 4.90 Å². The number of nitrogens with two attached hydrogens (primary N) is 1.